The number of hydrogen-bond donors (Lipinski definition) is 3. The normalized spacial score (nSPS) is 14.7. The van der Waals surface area contributed by atoms with Gasteiger partial charge in [0.15, 0.2) is 0 Å². The van der Waals surface area contributed by atoms with Crippen molar-refractivity contribution in [1.29, 1.82) is 0 Å². The summed E-state index contributed by atoms with van der Waals surface area (Å²) < 4.78 is 11.5. The molecule has 41 heavy (non-hydrogen) atoms. The second kappa shape index (κ2) is 14.7. The van der Waals surface area contributed by atoms with Crippen molar-refractivity contribution in [2.24, 2.45) is 0 Å². The summed E-state index contributed by atoms with van der Waals surface area (Å²) >= 11 is 0. The van der Waals surface area contributed by atoms with Gasteiger partial charge in [-0.2, -0.15) is 0 Å². The number of ether oxygens (including phenoxy) is 2. The number of hydrogen-bond acceptors (Lipinski definition) is 6. The molecule has 3 aromatic rings. The highest BCUT2D eigenvalue weighted by atomic mass is 16.5. The fraction of sp³-hybridized carbons (Fsp3) is 0.394. The third-order valence-electron chi connectivity index (χ3n) is 6.88. The minimum Gasteiger partial charge on any atom is -0.494 e. The molecule has 1 heterocycles. The van der Waals surface area contributed by atoms with Crippen molar-refractivity contribution in [2.75, 3.05) is 24.6 Å². The first kappa shape index (κ1) is 30.1. The number of carbonyl (C=O) groups is 2. The van der Waals surface area contributed by atoms with Gasteiger partial charge in [0.05, 0.1) is 24.9 Å². The molecule has 4 rings (SSSR count). The number of amides is 2. The minimum absolute atomic E-state index is 0.0355. The van der Waals surface area contributed by atoms with Crippen molar-refractivity contribution in [3.63, 3.8) is 0 Å². The van der Waals surface area contributed by atoms with Crippen molar-refractivity contribution in [2.45, 2.75) is 64.8 Å². The average Bonchev–Trinajstić information content (AvgIpc) is 3.39. The molecule has 1 aliphatic rings. The van der Waals surface area contributed by atoms with Gasteiger partial charge in [-0.05, 0) is 69.0 Å². The fourth-order valence-electron chi connectivity index (χ4n) is 4.95. The van der Waals surface area contributed by atoms with Crippen LogP contribution in [0, 0.1) is 0 Å². The lowest BCUT2D eigenvalue weighted by Crippen LogP contribution is -2.48. The summed E-state index contributed by atoms with van der Waals surface area (Å²) in [6.45, 7) is 7.81. The molecule has 2 atom stereocenters. The predicted octanol–water partition coefficient (Wildman–Crippen LogP) is 4.49. The highest BCUT2D eigenvalue weighted by molar-refractivity contribution is 5.99. The molecule has 0 bridgehead atoms. The molecule has 3 aromatic carbocycles. The van der Waals surface area contributed by atoms with Crippen molar-refractivity contribution >= 4 is 17.5 Å². The molecule has 218 valence electrons. The predicted molar refractivity (Wildman–Crippen MR) is 161 cm³/mol. The van der Waals surface area contributed by atoms with Crippen LogP contribution in [0.2, 0.25) is 0 Å². The molecule has 0 unspecified atom stereocenters. The molecule has 3 N–H and O–H groups in total. The summed E-state index contributed by atoms with van der Waals surface area (Å²) in [5.41, 5.74) is 3.06. The number of nitrogens with one attached hydrogen (secondary N) is 2. The van der Waals surface area contributed by atoms with Crippen LogP contribution in [0.1, 0.15) is 55.1 Å². The number of aliphatic hydroxyl groups is 1. The standard InChI is InChI=1S/C33H41N3O5/c1-4-40-28-13-8-12-25(16-28)21-34-22-31(37)30(17-24-10-6-5-7-11-24)35-33(39)26-18-27(36-15-9-14-32(36)38)20-29(19-26)41-23(2)3/h5-8,10-13,16,18-20,23,30-31,34,37H,4,9,14-15,17,21-22H2,1-3H3,(H,35,39)/t30-,31-/m0/s1. The lowest BCUT2D eigenvalue weighted by Gasteiger charge is -2.26. The molecule has 1 aliphatic heterocycles. The zero-order valence-corrected chi connectivity index (χ0v) is 24.1. The Morgan fingerprint density at radius 1 is 1.00 bits per heavy atom. The van der Waals surface area contributed by atoms with E-state index in [0.29, 0.717) is 49.5 Å². The zero-order valence-electron chi connectivity index (χ0n) is 24.1. The molecule has 0 aliphatic carbocycles. The minimum atomic E-state index is -0.857. The van der Waals surface area contributed by atoms with E-state index >= 15 is 0 Å². The van der Waals surface area contributed by atoms with Crippen LogP contribution >= 0.6 is 0 Å². The molecular formula is C33H41N3O5. The number of aliphatic hydroxyl groups excluding tert-OH is 1. The molecule has 2 amide bonds. The largest absolute Gasteiger partial charge is 0.494 e. The Morgan fingerprint density at radius 3 is 2.49 bits per heavy atom. The van der Waals surface area contributed by atoms with Crippen LogP contribution in [0.3, 0.4) is 0 Å². The number of anilines is 1. The molecule has 8 heteroatoms. The number of rotatable bonds is 14. The molecule has 0 aromatic heterocycles. The zero-order chi connectivity index (χ0) is 29.2. The first-order valence-electron chi connectivity index (χ1n) is 14.4. The highest BCUT2D eigenvalue weighted by Crippen LogP contribution is 2.28. The SMILES string of the molecule is CCOc1cccc(CNC[C@H](O)[C@H](Cc2ccccc2)NC(=O)c2cc(OC(C)C)cc(N3CCCC3=O)c2)c1. The maximum atomic E-state index is 13.6. The van der Waals surface area contributed by atoms with Crippen LogP contribution in [0.5, 0.6) is 11.5 Å². The molecule has 1 fully saturated rings. The Labute approximate surface area is 242 Å². The van der Waals surface area contributed by atoms with Gasteiger partial charge in [-0.15, -0.1) is 0 Å². The lowest BCUT2D eigenvalue weighted by molar-refractivity contribution is -0.117. The van der Waals surface area contributed by atoms with Crippen LogP contribution in [-0.4, -0.2) is 54.9 Å². The third-order valence-corrected chi connectivity index (χ3v) is 6.88. The van der Waals surface area contributed by atoms with Crippen molar-refractivity contribution in [1.82, 2.24) is 10.6 Å². The van der Waals surface area contributed by atoms with E-state index in [9.17, 15) is 14.7 Å². The molecule has 8 nitrogen and oxygen atoms in total. The van der Waals surface area contributed by atoms with E-state index in [2.05, 4.69) is 10.6 Å². The summed E-state index contributed by atoms with van der Waals surface area (Å²) in [6, 6.07) is 22.3. The molecular weight excluding hydrogens is 518 g/mol. The van der Waals surface area contributed by atoms with E-state index in [1.807, 2.05) is 75.4 Å². The Bertz CT molecular complexity index is 1300. The van der Waals surface area contributed by atoms with Gasteiger partial charge in [0.25, 0.3) is 5.91 Å². The molecule has 0 radical (unpaired) electrons. The van der Waals surface area contributed by atoms with Gasteiger partial charge in [0, 0.05) is 43.4 Å². The summed E-state index contributed by atoms with van der Waals surface area (Å²) in [7, 11) is 0. The van der Waals surface area contributed by atoms with E-state index in [-0.39, 0.29) is 24.5 Å². The van der Waals surface area contributed by atoms with Crippen molar-refractivity contribution in [3.05, 3.63) is 89.5 Å². The van der Waals surface area contributed by atoms with Gasteiger partial charge in [0.2, 0.25) is 5.91 Å². The smallest absolute Gasteiger partial charge is 0.251 e. The Balaban J connectivity index is 1.50. The third kappa shape index (κ3) is 8.80. The molecule has 0 saturated carbocycles. The summed E-state index contributed by atoms with van der Waals surface area (Å²) in [5.74, 6) is 1.03. The quantitative estimate of drug-likeness (QED) is 0.269. The van der Waals surface area contributed by atoms with Gasteiger partial charge >= 0.3 is 0 Å². The average molecular weight is 560 g/mol. The maximum Gasteiger partial charge on any atom is 0.251 e. The summed E-state index contributed by atoms with van der Waals surface area (Å²) in [6.07, 6.45) is 0.775. The van der Waals surface area contributed by atoms with E-state index in [4.69, 9.17) is 9.47 Å². The van der Waals surface area contributed by atoms with Gasteiger partial charge in [0.1, 0.15) is 11.5 Å². The second-order valence-corrected chi connectivity index (χ2v) is 10.6. The van der Waals surface area contributed by atoms with Crippen LogP contribution in [0.25, 0.3) is 0 Å². The van der Waals surface area contributed by atoms with Crippen molar-refractivity contribution < 1.29 is 24.2 Å². The lowest BCUT2D eigenvalue weighted by atomic mass is 10.00. The van der Waals surface area contributed by atoms with Gasteiger partial charge in [-0.25, -0.2) is 0 Å². The van der Waals surface area contributed by atoms with Crippen LogP contribution in [0.4, 0.5) is 5.69 Å². The Morgan fingerprint density at radius 2 is 1.78 bits per heavy atom. The highest BCUT2D eigenvalue weighted by Gasteiger charge is 2.26. The number of carbonyl (C=O) groups excluding carboxylic acids is 2. The first-order valence-corrected chi connectivity index (χ1v) is 14.4. The first-order chi connectivity index (χ1) is 19.8. The summed E-state index contributed by atoms with van der Waals surface area (Å²) in [5, 5.41) is 17.6. The van der Waals surface area contributed by atoms with E-state index in [1.165, 1.54) is 0 Å². The maximum absolute atomic E-state index is 13.6. The number of benzene rings is 3. The van der Waals surface area contributed by atoms with Gasteiger partial charge in [-0.1, -0.05) is 42.5 Å². The Hall–Kier alpha value is -3.88. The van der Waals surface area contributed by atoms with E-state index < -0.39 is 12.1 Å². The monoisotopic (exact) mass is 559 g/mol. The topological polar surface area (TPSA) is 100 Å². The van der Waals surface area contributed by atoms with Crippen LogP contribution < -0.4 is 25.0 Å². The van der Waals surface area contributed by atoms with Crippen molar-refractivity contribution in [3.8, 4) is 11.5 Å². The van der Waals surface area contributed by atoms with Gasteiger partial charge < -0.3 is 30.1 Å². The van der Waals surface area contributed by atoms with Gasteiger partial charge in [-0.3, -0.25) is 9.59 Å². The Kier molecular flexibility index (Phi) is 10.8. The second-order valence-electron chi connectivity index (χ2n) is 10.6. The fourth-order valence-corrected chi connectivity index (χ4v) is 4.95. The molecule has 0 spiro atoms. The molecule has 1 saturated heterocycles. The number of nitrogens with zero attached hydrogens (tertiary/aromatic N) is 1. The van der Waals surface area contributed by atoms with Crippen LogP contribution in [-0.2, 0) is 17.8 Å². The van der Waals surface area contributed by atoms with Crippen LogP contribution in [0.15, 0.2) is 72.8 Å². The van der Waals surface area contributed by atoms with E-state index in [1.54, 1.807) is 23.1 Å². The van der Waals surface area contributed by atoms with E-state index in [0.717, 1.165) is 23.3 Å². The summed E-state index contributed by atoms with van der Waals surface area (Å²) in [4.78, 5) is 27.8.